The van der Waals surface area contributed by atoms with Crippen molar-refractivity contribution in [1.82, 2.24) is 0 Å². The number of hydrogen-bond donors (Lipinski definition) is 1. The number of aliphatic hydroxyl groups excluding tert-OH is 1. The molecule has 4 nitrogen and oxygen atoms in total. The van der Waals surface area contributed by atoms with E-state index in [2.05, 4.69) is 0 Å². The Kier molecular flexibility index (Phi) is 5.86. The van der Waals surface area contributed by atoms with Crippen molar-refractivity contribution in [3.05, 3.63) is 0 Å². The molecular weight excluding hydrogens is 231 g/mol. The van der Waals surface area contributed by atoms with E-state index in [4.69, 9.17) is 12.6 Å². The number of aliphatic hydroxyl groups is 1. The number of carbonyl (C=O) groups excluding carboxylic acids is 2. The number of carbonyl (C=O) groups is 2. The van der Waals surface area contributed by atoms with Gasteiger partial charge in [0.1, 0.15) is 11.9 Å². The molecule has 4 atom stereocenters. The van der Waals surface area contributed by atoms with E-state index >= 15 is 0 Å². The van der Waals surface area contributed by atoms with E-state index < -0.39 is 12.2 Å². The first-order chi connectivity index (χ1) is 8.45. The lowest BCUT2D eigenvalue weighted by atomic mass is 9.74. The third-order valence-corrected chi connectivity index (χ3v) is 3.62. The van der Waals surface area contributed by atoms with Gasteiger partial charge in [-0.25, -0.2) is 0 Å². The van der Waals surface area contributed by atoms with E-state index in [0.29, 0.717) is 6.42 Å². The van der Waals surface area contributed by atoms with Gasteiger partial charge in [0.05, 0.1) is 13.8 Å². The van der Waals surface area contributed by atoms with E-state index in [0.717, 1.165) is 19.3 Å². The van der Waals surface area contributed by atoms with Crippen LogP contribution >= 0.6 is 0 Å². The van der Waals surface area contributed by atoms with Crippen molar-refractivity contribution in [2.24, 2.45) is 11.8 Å². The lowest BCUT2D eigenvalue weighted by molar-refractivity contribution is -0.158. The van der Waals surface area contributed by atoms with Crippen LogP contribution in [0.1, 0.15) is 39.5 Å². The van der Waals surface area contributed by atoms with Crippen molar-refractivity contribution < 1.29 is 19.4 Å². The van der Waals surface area contributed by atoms with Gasteiger partial charge in [-0.15, -0.1) is 0 Å². The Morgan fingerprint density at radius 3 is 2.56 bits per heavy atom. The summed E-state index contributed by atoms with van der Waals surface area (Å²) in [6, 6.07) is 0. The van der Waals surface area contributed by atoms with E-state index in [9.17, 15) is 14.7 Å². The monoisotopic (exact) mass is 252 g/mol. The summed E-state index contributed by atoms with van der Waals surface area (Å²) in [5.41, 5.74) is 0. The van der Waals surface area contributed by atoms with Crippen LogP contribution in [0, 0.1) is 11.8 Å². The van der Waals surface area contributed by atoms with Gasteiger partial charge in [-0.2, -0.15) is 0 Å². The van der Waals surface area contributed by atoms with Crippen LogP contribution in [0.2, 0.25) is 6.32 Å². The molecule has 1 saturated carbocycles. The summed E-state index contributed by atoms with van der Waals surface area (Å²) < 4.78 is 5.31. The third-order valence-electron chi connectivity index (χ3n) is 3.62. The zero-order valence-electron chi connectivity index (χ0n) is 11.1. The summed E-state index contributed by atoms with van der Waals surface area (Å²) in [5, 5.41) is 9.64. The highest BCUT2D eigenvalue weighted by molar-refractivity contribution is 6.08. The molecule has 4 unspecified atom stereocenters. The molecule has 18 heavy (non-hydrogen) atoms. The topological polar surface area (TPSA) is 63.6 Å². The molecule has 100 valence electrons. The SMILES string of the molecule is [B]CC(O)CC1CCCC(C(C)=O)C1OC(C)=O. The largest absolute Gasteiger partial charge is 0.461 e. The van der Waals surface area contributed by atoms with Gasteiger partial charge < -0.3 is 9.84 Å². The van der Waals surface area contributed by atoms with Crippen LogP contribution in [0.4, 0.5) is 0 Å². The minimum Gasteiger partial charge on any atom is -0.461 e. The second kappa shape index (κ2) is 6.93. The summed E-state index contributed by atoms with van der Waals surface area (Å²) in [6.45, 7) is 2.88. The molecule has 0 heterocycles. The Hall–Kier alpha value is -0.835. The molecular formula is C13H21BO4. The first kappa shape index (κ1) is 15.2. The predicted octanol–water partition coefficient (Wildman–Crippen LogP) is 1.26. The van der Waals surface area contributed by atoms with Crippen molar-refractivity contribution in [2.45, 2.75) is 58.1 Å². The summed E-state index contributed by atoms with van der Waals surface area (Å²) in [6.07, 6.45) is 2.20. The Bertz CT molecular complexity index is 305. The van der Waals surface area contributed by atoms with Crippen molar-refractivity contribution in [1.29, 1.82) is 0 Å². The van der Waals surface area contributed by atoms with Crippen LogP contribution in [0.15, 0.2) is 0 Å². The molecule has 2 radical (unpaired) electrons. The maximum absolute atomic E-state index is 11.6. The van der Waals surface area contributed by atoms with E-state index in [1.54, 1.807) is 0 Å². The van der Waals surface area contributed by atoms with Gasteiger partial charge in [-0.1, -0.05) is 12.7 Å². The van der Waals surface area contributed by atoms with Crippen LogP contribution < -0.4 is 0 Å². The zero-order valence-corrected chi connectivity index (χ0v) is 11.1. The Labute approximate surface area is 109 Å². The summed E-state index contributed by atoms with van der Waals surface area (Å²) in [7, 11) is 5.41. The fourth-order valence-corrected chi connectivity index (χ4v) is 2.76. The van der Waals surface area contributed by atoms with E-state index in [1.165, 1.54) is 13.8 Å². The molecule has 0 amide bonds. The van der Waals surface area contributed by atoms with Gasteiger partial charge >= 0.3 is 5.97 Å². The molecule has 0 aromatic carbocycles. The number of hydrogen-bond acceptors (Lipinski definition) is 4. The molecule has 0 spiro atoms. The highest BCUT2D eigenvalue weighted by Gasteiger charge is 2.38. The number of rotatable bonds is 5. The summed E-state index contributed by atoms with van der Waals surface area (Å²) in [4.78, 5) is 22.8. The Morgan fingerprint density at radius 2 is 2.06 bits per heavy atom. The standard InChI is InChI=1S/C13H21BO4/c1-8(15)12-5-3-4-10(6-11(17)7-14)13(12)18-9(2)16/h10-13,17H,3-7H2,1-2H3. The number of Topliss-reactive ketones (excluding diaryl/α,β-unsaturated/α-hetero) is 1. The zero-order chi connectivity index (χ0) is 13.7. The lowest BCUT2D eigenvalue weighted by Crippen LogP contribution is -2.41. The van der Waals surface area contributed by atoms with Crippen molar-refractivity contribution in [3.8, 4) is 0 Å². The highest BCUT2D eigenvalue weighted by atomic mass is 16.5. The van der Waals surface area contributed by atoms with Gasteiger partial charge in [0, 0.05) is 13.0 Å². The second-order valence-electron chi connectivity index (χ2n) is 5.11. The maximum atomic E-state index is 11.6. The third kappa shape index (κ3) is 4.12. The van der Waals surface area contributed by atoms with Crippen LogP contribution in [0.25, 0.3) is 0 Å². The van der Waals surface area contributed by atoms with Crippen molar-refractivity contribution >= 4 is 19.6 Å². The molecule has 1 N–H and O–H groups in total. The quantitative estimate of drug-likeness (QED) is 0.591. The Morgan fingerprint density at radius 1 is 1.39 bits per heavy atom. The number of esters is 1. The first-order valence-electron chi connectivity index (χ1n) is 6.51. The smallest absolute Gasteiger partial charge is 0.302 e. The van der Waals surface area contributed by atoms with Gasteiger partial charge in [0.2, 0.25) is 0 Å². The Balaban J connectivity index is 2.77. The molecule has 0 aromatic rings. The molecule has 5 heteroatoms. The van der Waals surface area contributed by atoms with Gasteiger partial charge in [0.25, 0.3) is 0 Å². The van der Waals surface area contributed by atoms with Crippen LogP contribution in [-0.4, -0.2) is 36.9 Å². The van der Waals surface area contributed by atoms with Gasteiger partial charge in [-0.3, -0.25) is 9.59 Å². The fourth-order valence-electron chi connectivity index (χ4n) is 2.76. The molecule has 0 aliphatic heterocycles. The van der Waals surface area contributed by atoms with Gasteiger partial charge in [-0.05, 0) is 32.1 Å². The normalized spacial score (nSPS) is 29.6. The van der Waals surface area contributed by atoms with Crippen LogP contribution in [0.5, 0.6) is 0 Å². The lowest BCUT2D eigenvalue weighted by Gasteiger charge is -2.37. The predicted molar refractivity (Wildman–Crippen MR) is 68.3 cm³/mol. The minimum absolute atomic E-state index is 0.0232. The highest BCUT2D eigenvalue weighted by Crippen LogP contribution is 2.35. The second-order valence-corrected chi connectivity index (χ2v) is 5.11. The number of ether oxygens (including phenoxy) is 1. The molecule has 1 rings (SSSR count). The summed E-state index contributed by atoms with van der Waals surface area (Å²) >= 11 is 0. The maximum Gasteiger partial charge on any atom is 0.302 e. The van der Waals surface area contributed by atoms with Crippen LogP contribution in [0.3, 0.4) is 0 Å². The average molecular weight is 252 g/mol. The molecule has 1 aliphatic rings. The first-order valence-corrected chi connectivity index (χ1v) is 6.51. The molecule has 1 aliphatic carbocycles. The number of ketones is 1. The molecule has 0 bridgehead atoms. The minimum atomic E-state index is -0.598. The van der Waals surface area contributed by atoms with E-state index in [-0.39, 0.29) is 29.9 Å². The van der Waals surface area contributed by atoms with Crippen molar-refractivity contribution in [2.75, 3.05) is 0 Å². The average Bonchev–Trinajstić information content (AvgIpc) is 2.30. The molecule has 0 saturated heterocycles. The molecule has 1 fully saturated rings. The van der Waals surface area contributed by atoms with Gasteiger partial charge in [0.15, 0.2) is 0 Å². The fraction of sp³-hybridized carbons (Fsp3) is 0.846. The van der Waals surface area contributed by atoms with Crippen LogP contribution in [-0.2, 0) is 14.3 Å². The van der Waals surface area contributed by atoms with Crippen molar-refractivity contribution in [3.63, 3.8) is 0 Å². The molecule has 0 aromatic heterocycles. The summed E-state index contributed by atoms with van der Waals surface area (Å²) in [5.74, 6) is -0.540. The van der Waals surface area contributed by atoms with E-state index in [1.807, 2.05) is 0 Å².